The lowest BCUT2D eigenvalue weighted by Crippen LogP contribution is -2.32. The van der Waals surface area contributed by atoms with Gasteiger partial charge in [0.25, 0.3) is 0 Å². The van der Waals surface area contributed by atoms with Gasteiger partial charge in [0.05, 0.1) is 12.7 Å². The maximum atomic E-state index is 11.3. The highest BCUT2D eigenvalue weighted by molar-refractivity contribution is 7.90. The van der Waals surface area contributed by atoms with Gasteiger partial charge in [-0.05, 0) is 25.8 Å². The van der Waals surface area contributed by atoms with Crippen molar-refractivity contribution >= 4 is 9.84 Å². The molecule has 1 unspecified atom stereocenters. The monoisotopic (exact) mass is 243 g/mol. The van der Waals surface area contributed by atoms with E-state index in [9.17, 15) is 8.42 Å². The van der Waals surface area contributed by atoms with E-state index in [4.69, 9.17) is 0 Å². The molecular formula is C10H17N3O2S. The standard InChI is InChI=1S/C10H17N3O2S/c1-11-10(8-3-4-8)7-13-6-9(5-12-13)16(2,14)15/h5-6,8,10-11H,3-4,7H2,1-2H3. The van der Waals surface area contributed by atoms with E-state index in [1.165, 1.54) is 25.3 Å². The van der Waals surface area contributed by atoms with E-state index in [0.717, 1.165) is 12.5 Å². The summed E-state index contributed by atoms with van der Waals surface area (Å²) < 4.78 is 24.3. The Morgan fingerprint density at radius 2 is 2.31 bits per heavy atom. The molecule has 1 N–H and O–H groups in total. The lowest BCUT2D eigenvalue weighted by molar-refractivity contribution is 0.413. The van der Waals surface area contributed by atoms with E-state index in [2.05, 4.69) is 10.4 Å². The van der Waals surface area contributed by atoms with Gasteiger partial charge in [-0.2, -0.15) is 5.10 Å². The van der Waals surface area contributed by atoms with Gasteiger partial charge < -0.3 is 5.32 Å². The van der Waals surface area contributed by atoms with Crippen LogP contribution in [0.2, 0.25) is 0 Å². The average Bonchev–Trinajstić information content (AvgIpc) is 2.92. The van der Waals surface area contributed by atoms with Crippen LogP contribution in [0.15, 0.2) is 17.3 Å². The molecule has 0 aliphatic heterocycles. The normalized spacial score (nSPS) is 18.6. The Kier molecular flexibility index (Phi) is 3.03. The molecule has 0 amide bonds. The van der Waals surface area contributed by atoms with Crippen LogP contribution in [0.4, 0.5) is 0 Å². The minimum absolute atomic E-state index is 0.290. The topological polar surface area (TPSA) is 64.0 Å². The van der Waals surface area contributed by atoms with E-state index >= 15 is 0 Å². The maximum Gasteiger partial charge on any atom is 0.178 e. The zero-order valence-electron chi connectivity index (χ0n) is 9.55. The van der Waals surface area contributed by atoms with E-state index in [1.54, 1.807) is 10.9 Å². The van der Waals surface area contributed by atoms with Crippen molar-refractivity contribution in [3.63, 3.8) is 0 Å². The summed E-state index contributed by atoms with van der Waals surface area (Å²) in [6.45, 7) is 0.733. The zero-order valence-corrected chi connectivity index (χ0v) is 10.4. The number of nitrogens with zero attached hydrogens (tertiary/aromatic N) is 2. The smallest absolute Gasteiger partial charge is 0.178 e. The fourth-order valence-corrected chi connectivity index (χ4v) is 2.36. The molecule has 16 heavy (non-hydrogen) atoms. The highest BCUT2D eigenvalue weighted by atomic mass is 32.2. The van der Waals surface area contributed by atoms with Crippen LogP contribution >= 0.6 is 0 Å². The molecule has 1 aromatic heterocycles. The van der Waals surface area contributed by atoms with Crippen molar-refractivity contribution in [1.82, 2.24) is 15.1 Å². The average molecular weight is 243 g/mol. The highest BCUT2D eigenvalue weighted by Gasteiger charge is 2.30. The SMILES string of the molecule is CNC(Cn1cc(S(C)(=O)=O)cn1)C1CC1. The first-order valence-electron chi connectivity index (χ1n) is 5.40. The molecule has 1 aromatic rings. The Bertz CT molecular complexity index is 462. The van der Waals surface area contributed by atoms with Crippen molar-refractivity contribution in [2.24, 2.45) is 5.92 Å². The van der Waals surface area contributed by atoms with Crippen molar-refractivity contribution in [2.45, 2.75) is 30.3 Å². The number of sulfone groups is 1. The van der Waals surface area contributed by atoms with E-state index in [-0.39, 0.29) is 4.90 Å². The lowest BCUT2D eigenvalue weighted by Gasteiger charge is -2.14. The van der Waals surface area contributed by atoms with Gasteiger partial charge in [-0.15, -0.1) is 0 Å². The number of hydrogen-bond donors (Lipinski definition) is 1. The van der Waals surface area contributed by atoms with E-state index in [0.29, 0.717) is 6.04 Å². The molecular weight excluding hydrogens is 226 g/mol. The third-order valence-electron chi connectivity index (χ3n) is 2.98. The number of hydrogen-bond acceptors (Lipinski definition) is 4. The molecule has 1 aliphatic carbocycles. The van der Waals surface area contributed by atoms with Crippen molar-refractivity contribution in [3.05, 3.63) is 12.4 Å². The van der Waals surface area contributed by atoms with Gasteiger partial charge in [-0.3, -0.25) is 4.68 Å². The Labute approximate surface area is 95.8 Å². The predicted molar refractivity (Wildman–Crippen MR) is 60.9 cm³/mol. The number of rotatable bonds is 5. The molecule has 0 saturated heterocycles. The molecule has 5 nitrogen and oxygen atoms in total. The number of nitrogens with one attached hydrogen (secondary N) is 1. The van der Waals surface area contributed by atoms with Crippen LogP contribution in [0.3, 0.4) is 0 Å². The first-order valence-corrected chi connectivity index (χ1v) is 7.29. The molecule has 1 heterocycles. The second-order valence-corrected chi connectivity index (χ2v) is 6.42. The molecule has 1 atom stereocenters. The number of aromatic nitrogens is 2. The lowest BCUT2D eigenvalue weighted by atomic mass is 10.2. The van der Waals surface area contributed by atoms with Gasteiger partial charge >= 0.3 is 0 Å². The summed E-state index contributed by atoms with van der Waals surface area (Å²) in [6, 6.07) is 0.396. The largest absolute Gasteiger partial charge is 0.315 e. The van der Waals surface area contributed by atoms with Crippen molar-refractivity contribution in [2.75, 3.05) is 13.3 Å². The molecule has 0 bridgehead atoms. The molecule has 2 rings (SSSR count). The summed E-state index contributed by atoms with van der Waals surface area (Å²) in [6.07, 6.45) is 6.72. The minimum Gasteiger partial charge on any atom is -0.315 e. The zero-order chi connectivity index (χ0) is 11.8. The summed E-state index contributed by atoms with van der Waals surface area (Å²) in [4.78, 5) is 0.290. The maximum absolute atomic E-state index is 11.3. The van der Waals surface area contributed by atoms with Crippen LogP contribution in [0.25, 0.3) is 0 Å². The van der Waals surface area contributed by atoms with Crippen LogP contribution in [0.1, 0.15) is 12.8 Å². The third kappa shape index (κ3) is 2.62. The molecule has 6 heteroatoms. The van der Waals surface area contributed by atoms with Crippen LogP contribution in [0.5, 0.6) is 0 Å². The van der Waals surface area contributed by atoms with Crippen LogP contribution in [-0.4, -0.2) is 37.5 Å². The second-order valence-electron chi connectivity index (χ2n) is 4.40. The molecule has 1 fully saturated rings. The molecule has 1 aliphatic rings. The Hall–Kier alpha value is -0.880. The molecule has 0 aromatic carbocycles. The van der Waals surface area contributed by atoms with Gasteiger partial charge in [0.2, 0.25) is 0 Å². The Balaban J connectivity index is 2.07. The summed E-state index contributed by atoms with van der Waals surface area (Å²) >= 11 is 0. The summed E-state index contributed by atoms with van der Waals surface area (Å²) in [5.41, 5.74) is 0. The van der Waals surface area contributed by atoms with Gasteiger partial charge in [-0.25, -0.2) is 8.42 Å². The molecule has 1 saturated carbocycles. The van der Waals surface area contributed by atoms with Crippen LogP contribution < -0.4 is 5.32 Å². The van der Waals surface area contributed by atoms with E-state index < -0.39 is 9.84 Å². The summed E-state index contributed by atoms with van der Waals surface area (Å²) in [7, 11) is -1.20. The van der Waals surface area contributed by atoms with Gasteiger partial charge in [0, 0.05) is 18.5 Å². The van der Waals surface area contributed by atoms with Crippen molar-refractivity contribution in [1.29, 1.82) is 0 Å². The second kappa shape index (κ2) is 4.18. The predicted octanol–water partition coefficient (Wildman–Crippen LogP) is 0.285. The van der Waals surface area contributed by atoms with E-state index in [1.807, 2.05) is 7.05 Å². The van der Waals surface area contributed by atoms with Gasteiger partial charge in [0.1, 0.15) is 4.90 Å². The van der Waals surface area contributed by atoms with Crippen molar-refractivity contribution < 1.29 is 8.42 Å². The van der Waals surface area contributed by atoms with Gasteiger partial charge in [-0.1, -0.05) is 0 Å². The highest BCUT2D eigenvalue weighted by Crippen LogP contribution is 2.33. The Morgan fingerprint density at radius 3 is 2.75 bits per heavy atom. The first-order chi connectivity index (χ1) is 7.50. The fraction of sp³-hybridized carbons (Fsp3) is 0.700. The molecule has 0 radical (unpaired) electrons. The number of likely N-dealkylation sites (N-methyl/N-ethyl adjacent to an activating group) is 1. The third-order valence-corrected chi connectivity index (χ3v) is 4.05. The minimum atomic E-state index is -3.13. The summed E-state index contributed by atoms with van der Waals surface area (Å²) in [5, 5.41) is 7.33. The quantitative estimate of drug-likeness (QED) is 0.807. The van der Waals surface area contributed by atoms with Crippen LogP contribution in [-0.2, 0) is 16.4 Å². The first kappa shape index (κ1) is 11.6. The van der Waals surface area contributed by atoms with Crippen LogP contribution in [0, 0.1) is 5.92 Å². The fourth-order valence-electron chi connectivity index (χ4n) is 1.81. The molecule has 90 valence electrons. The molecule has 0 spiro atoms. The summed E-state index contributed by atoms with van der Waals surface area (Å²) in [5.74, 6) is 0.718. The van der Waals surface area contributed by atoms with Crippen molar-refractivity contribution in [3.8, 4) is 0 Å². The van der Waals surface area contributed by atoms with Gasteiger partial charge in [0.15, 0.2) is 9.84 Å². The Morgan fingerprint density at radius 1 is 1.62 bits per heavy atom.